The minimum absolute atomic E-state index is 0.0430. The molecule has 4 aromatic rings. The van der Waals surface area contributed by atoms with E-state index in [1.54, 1.807) is 12.1 Å². The minimum Gasteiger partial charge on any atom is -0.492 e. The first-order chi connectivity index (χ1) is 25.7. The SMILES string of the molecule is CC(=O)O.CC1(Oc2ccc(N)cc2Cl)CCN(CCOc2ccccc2)C1.CC1(Oc2ccc([N+](=O)[O-])cc2Cl)CCN(CCOc2ccccc2)C1. The summed E-state index contributed by atoms with van der Waals surface area (Å²) in [6.45, 7) is 11.7. The zero-order valence-electron chi connectivity index (χ0n) is 30.8. The highest BCUT2D eigenvalue weighted by atomic mass is 35.5. The Balaban J connectivity index is 0.000000220. The van der Waals surface area contributed by atoms with Gasteiger partial charge in [-0.05, 0) is 62.4 Å². The lowest BCUT2D eigenvalue weighted by Gasteiger charge is -2.27. The number of carboxylic acid groups (broad SMARTS) is 1. The number of aliphatic carboxylic acids is 1. The van der Waals surface area contributed by atoms with Crippen molar-refractivity contribution in [3.8, 4) is 23.0 Å². The van der Waals surface area contributed by atoms with Crippen LogP contribution in [0.15, 0.2) is 97.1 Å². The van der Waals surface area contributed by atoms with Crippen LogP contribution in [0, 0.1) is 10.1 Å². The highest BCUT2D eigenvalue weighted by molar-refractivity contribution is 6.32. The maximum Gasteiger partial charge on any atom is 0.300 e. The van der Waals surface area contributed by atoms with Crippen molar-refractivity contribution in [1.82, 2.24) is 9.80 Å². The Hall–Kier alpha value is -4.75. The van der Waals surface area contributed by atoms with Gasteiger partial charge >= 0.3 is 0 Å². The molecule has 2 heterocycles. The normalized spacial score (nSPS) is 19.4. The second-order valence-corrected chi connectivity index (χ2v) is 14.4. The van der Waals surface area contributed by atoms with Gasteiger partial charge in [-0.25, -0.2) is 0 Å². The van der Waals surface area contributed by atoms with E-state index in [0.29, 0.717) is 35.4 Å². The number of nitrogens with two attached hydrogens (primary N) is 1. The van der Waals surface area contributed by atoms with Crippen LogP contribution in [0.5, 0.6) is 23.0 Å². The number of para-hydroxylation sites is 2. The second kappa shape index (κ2) is 20.1. The van der Waals surface area contributed by atoms with Gasteiger partial charge in [-0.15, -0.1) is 0 Å². The molecule has 54 heavy (non-hydrogen) atoms. The highest BCUT2D eigenvalue weighted by Gasteiger charge is 2.37. The van der Waals surface area contributed by atoms with Gasteiger partial charge < -0.3 is 29.8 Å². The molecule has 2 aliphatic rings. The van der Waals surface area contributed by atoms with E-state index in [2.05, 4.69) is 16.7 Å². The number of carbonyl (C=O) groups is 1. The predicted octanol–water partition coefficient (Wildman–Crippen LogP) is 8.11. The van der Waals surface area contributed by atoms with Crippen molar-refractivity contribution in [2.75, 3.05) is 58.2 Å². The molecule has 2 fully saturated rings. The molecule has 2 saturated heterocycles. The largest absolute Gasteiger partial charge is 0.492 e. The Bertz CT molecular complexity index is 1800. The average molecular weight is 784 g/mol. The molecule has 0 spiro atoms. The summed E-state index contributed by atoms with van der Waals surface area (Å²) in [7, 11) is 0. The number of anilines is 1. The maximum atomic E-state index is 10.8. The molecule has 4 aromatic carbocycles. The maximum absolute atomic E-state index is 10.8. The molecule has 0 amide bonds. The average Bonchev–Trinajstić information content (AvgIpc) is 3.69. The fourth-order valence-electron chi connectivity index (χ4n) is 6.04. The molecule has 0 saturated carbocycles. The van der Waals surface area contributed by atoms with Gasteiger partial charge in [0.2, 0.25) is 0 Å². The number of non-ortho nitro benzene ring substituents is 1. The van der Waals surface area contributed by atoms with Crippen LogP contribution in [-0.2, 0) is 4.79 Å². The molecule has 2 aliphatic heterocycles. The van der Waals surface area contributed by atoms with Crippen molar-refractivity contribution >= 4 is 40.5 Å². The number of ether oxygens (including phenoxy) is 4. The number of halogens is 2. The summed E-state index contributed by atoms with van der Waals surface area (Å²) in [5.41, 5.74) is 5.70. The zero-order valence-corrected chi connectivity index (χ0v) is 32.3. The van der Waals surface area contributed by atoms with Gasteiger partial charge in [-0.3, -0.25) is 24.7 Å². The summed E-state index contributed by atoms with van der Waals surface area (Å²) in [6.07, 6.45) is 1.81. The van der Waals surface area contributed by atoms with Crippen LogP contribution in [0.4, 0.5) is 11.4 Å². The van der Waals surface area contributed by atoms with Gasteiger partial charge in [-0.1, -0.05) is 59.6 Å². The van der Waals surface area contributed by atoms with E-state index in [1.165, 1.54) is 12.1 Å². The lowest BCUT2D eigenvalue weighted by molar-refractivity contribution is -0.384. The summed E-state index contributed by atoms with van der Waals surface area (Å²) in [6, 6.07) is 29.3. The van der Waals surface area contributed by atoms with Gasteiger partial charge in [0.15, 0.2) is 0 Å². The lowest BCUT2D eigenvalue weighted by atomic mass is 10.1. The molecular weight excluding hydrogens is 735 g/mol. The van der Waals surface area contributed by atoms with Crippen LogP contribution in [0.2, 0.25) is 10.0 Å². The van der Waals surface area contributed by atoms with Crippen molar-refractivity contribution in [3.63, 3.8) is 0 Å². The number of nitrogen functional groups attached to an aromatic ring is 1. The first-order valence-electron chi connectivity index (χ1n) is 17.6. The smallest absolute Gasteiger partial charge is 0.300 e. The van der Waals surface area contributed by atoms with Gasteiger partial charge in [0, 0.05) is 76.9 Å². The van der Waals surface area contributed by atoms with Gasteiger partial charge in [0.1, 0.15) is 47.4 Å². The van der Waals surface area contributed by atoms with E-state index < -0.39 is 10.9 Å². The highest BCUT2D eigenvalue weighted by Crippen LogP contribution is 2.35. The predicted molar refractivity (Wildman–Crippen MR) is 211 cm³/mol. The fraction of sp³-hybridized carbons (Fsp3) is 0.375. The second-order valence-electron chi connectivity index (χ2n) is 13.6. The summed E-state index contributed by atoms with van der Waals surface area (Å²) in [5, 5.41) is 19.0. The van der Waals surface area contributed by atoms with Crippen LogP contribution >= 0.6 is 23.2 Å². The molecule has 2 unspecified atom stereocenters. The van der Waals surface area contributed by atoms with Crippen molar-refractivity contribution < 1.29 is 33.8 Å². The van der Waals surface area contributed by atoms with Crippen LogP contribution in [0.1, 0.15) is 33.6 Å². The van der Waals surface area contributed by atoms with Gasteiger partial charge in [0.05, 0.1) is 15.0 Å². The number of nitro groups is 1. The minimum atomic E-state index is -0.833. The van der Waals surface area contributed by atoms with Gasteiger partial charge in [0.25, 0.3) is 11.7 Å². The molecule has 2 atom stereocenters. The number of carboxylic acids is 1. The van der Waals surface area contributed by atoms with E-state index >= 15 is 0 Å². The monoisotopic (exact) mass is 782 g/mol. The van der Waals surface area contributed by atoms with Crippen LogP contribution < -0.4 is 24.7 Å². The quantitative estimate of drug-likeness (QED) is 0.0769. The number of nitrogens with zero attached hydrogens (tertiary/aromatic N) is 3. The first kappa shape index (κ1) is 42.0. The van der Waals surface area contributed by atoms with Crippen molar-refractivity contribution in [3.05, 3.63) is 117 Å². The van der Waals surface area contributed by atoms with Crippen LogP contribution in [0.3, 0.4) is 0 Å². The number of hydrogen-bond donors (Lipinski definition) is 2. The topological polar surface area (TPSA) is 150 Å². The molecule has 0 aliphatic carbocycles. The van der Waals surface area contributed by atoms with Crippen molar-refractivity contribution in [1.29, 1.82) is 0 Å². The molecule has 3 N–H and O–H groups in total. The molecule has 290 valence electrons. The summed E-state index contributed by atoms with van der Waals surface area (Å²) >= 11 is 12.4. The molecular formula is C40H48Cl2N4O8. The number of benzene rings is 4. The third kappa shape index (κ3) is 13.9. The summed E-state index contributed by atoms with van der Waals surface area (Å²) in [5.74, 6) is 2.10. The summed E-state index contributed by atoms with van der Waals surface area (Å²) in [4.78, 5) is 24.0. The molecule has 0 aromatic heterocycles. The number of rotatable bonds is 13. The molecule has 6 rings (SSSR count). The van der Waals surface area contributed by atoms with Crippen molar-refractivity contribution in [2.45, 2.75) is 44.8 Å². The third-order valence-corrected chi connectivity index (χ3v) is 9.25. The lowest BCUT2D eigenvalue weighted by Crippen LogP contribution is -2.37. The van der Waals surface area contributed by atoms with Crippen LogP contribution in [0.25, 0.3) is 0 Å². The fourth-order valence-corrected chi connectivity index (χ4v) is 6.48. The molecule has 14 heteroatoms. The number of hydrogen-bond acceptors (Lipinski definition) is 10. The van der Waals surface area contributed by atoms with E-state index in [0.717, 1.165) is 70.5 Å². The molecule has 12 nitrogen and oxygen atoms in total. The number of nitro benzene ring substituents is 1. The van der Waals surface area contributed by atoms with Gasteiger partial charge in [-0.2, -0.15) is 0 Å². The Labute approximate surface area is 326 Å². The Morgan fingerprint density at radius 2 is 1.20 bits per heavy atom. The number of likely N-dealkylation sites (tertiary alicyclic amines) is 2. The van der Waals surface area contributed by atoms with E-state index in [1.807, 2.05) is 79.7 Å². The molecule has 0 bridgehead atoms. The first-order valence-corrected chi connectivity index (χ1v) is 18.4. The van der Waals surface area contributed by atoms with Crippen LogP contribution in [-0.4, -0.2) is 89.5 Å². The Morgan fingerprint density at radius 1 is 0.778 bits per heavy atom. The Morgan fingerprint density at radius 3 is 1.61 bits per heavy atom. The third-order valence-electron chi connectivity index (χ3n) is 8.66. The van der Waals surface area contributed by atoms with E-state index in [4.69, 9.17) is 57.8 Å². The Kier molecular flexibility index (Phi) is 15.6. The van der Waals surface area contributed by atoms with Crippen molar-refractivity contribution in [2.24, 2.45) is 0 Å². The summed E-state index contributed by atoms with van der Waals surface area (Å²) < 4.78 is 23.8. The van der Waals surface area contributed by atoms with E-state index in [-0.39, 0.29) is 21.9 Å². The van der Waals surface area contributed by atoms with E-state index in [9.17, 15) is 10.1 Å². The zero-order chi connectivity index (χ0) is 39.1. The standard InChI is InChI=1S/C19H21ClN2O4.C19H23ClN2O2.C2H4O2/c1-19(26-18-8-7-15(22(23)24)13-17(18)20)9-10-21(14-19)11-12-25-16-5-3-2-4-6-16;1-19(24-18-8-7-15(21)13-17(18)20)9-10-22(14-19)11-12-23-16-5-3-2-4-6-16;1-2(3)4/h2-8,13H,9-12,14H2,1H3;2-8,13H,9-12,14,21H2,1H3;1H3,(H,3,4). The molecule has 0 radical (unpaired) electrons.